The van der Waals surface area contributed by atoms with Crippen molar-refractivity contribution in [2.45, 2.75) is 83.3 Å². The summed E-state index contributed by atoms with van der Waals surface area (Å²) < 4.78 is 19.6. The lowest BCUT2D eigenvalue weighted by atomic mass is 9.84. The molecule has 4 aliphatic rings. The van der Waals surface area contributed by atoms with Gasteiger partial charge in [-0.25, -0.2) is 4.39 Å². The van der Waals surface area contributed by atoms with Crippen LogP contribution in [0.3, 0.4) is 0 Å². The summed E-state index contributed by atoms with van der Waals surface area (Å²) >= 11 is 0. The summed E-state index contributed by atoms with van der Waals surface area (Å²) in [7, 11) is 0. The van der Waals surface area contributed by atoms with E-state index >= 15 is 0 Å². The van der Waals surface area contributed by atoms with E-state index in [1.807, 2.05) is 12.3 Å². The summed E-state index contributed by atoms with van der Waals surface area (Å²) in [6.07, 6.45) is 7.29. The molecule has 7 nitrogen and oxygen atoms in total. The van der Waals surface area contributed by atoms with Crippen molar-refractivity contribution < 1.29 is 19.0 Å². The lowest BCUT2D eigenvalue weighted by molar-refractivity contribution is -0.356. The highest BCUT2D eigenvalue weighted by Gasteiger charge is 2.42. The third-order valence-corrected chi connectivity index (χ3v) is 10.7. The van der Waals surface area contributed by atoms with Crippen molar-refractivity contribution in [2.24, 2.45) is 5.92 Å². The second kappa shape index (κ2) is 12.7. The maximum absolute atomic E-state index is 14.0. The molecule has 0 radical (unpaired) electrons. The number of hydrogen-bond acceptors (Lipinski definition) is 6. The number of nitrogens with zero attached hydrogens (tertiary/aromatic N) is 4. The number of likely N-dealkylation sites (tertiary alicyclic amines) is 2. The van der Waals surface area contributed by atoms with Gasteiger partial charge >= 0.3 is 0 Å². The Kier molecular flexibility index (Phi) is 8.90. The Labute approximate surface area is 255 Å². The number of aryl methyl sites for hydroxylation is 1. The van der Waals surface area contributed by atoms with Gasteiger partial charge in [0.1, 0.15) is 5.82 Å². The van der Waals surface area contributed by atoms with Gasteiger partial charge in [-0.15, -0.1) is 6.61 Å². The van der Waals surface area contributed by atoms with Gasteiger partial charge in [-0.2, -0.15) is 0 Å². The van der Waals surface area contributed by atoms with Crippen LogP contribution >= 0.6 is 0 Å². The highest BCUT2D eigenvalue weighted by Crippen LogP contribution is 2.45. The van der Waals surface area contributed by atoms with Gasteiger partial charge in [-0.3, -0.25) is 14.7 Å². The van der Waals surface area contributed by atoms with Gasteiger partial charge < -0.3 is 19.6 Å². The molecule has 4 heterocycles. The smallest absolute Gasteiger partial charge is 0.226 e. The maximum Gasteiger partial charge on any atom is 0.226 e. The van der Waals surface area contributed by atoms with E-state index in [0.29, 0.717) is 19.8 Å². The molecule has 1 amide bonds. The Hall–Kier alpha value is -2.81. The molecule has 3 aliphatic heterocycles. The van der Waals surface area contributed by atoms with Crippen LogP contribution in [0.1, 0.15) is 80.7 Å². The molecule has 0 bridgehead atoms. The van der Waals surface area contributed by atoms with Gasteiger partial charge in [0.25, 0.3) is 0 Å². The lowest BCUT2D eigenvalue weighted by Gasteiger charge is -2.51. The fourth-order valence-electron chi connectivity index (χ4n) is 7.94. The van der Waals surface area contributed by atoms with E-state index in [2.05, 4.69) is 46.5 Å². The van der Waals surface area contributed by atoms with E-state index < -0.39 is 0 Å². The van der Waals surface area contributed by atoms with Gasteiger partial charge in [0.05, 0.1) is 5.69 Å². The number of pyridine rings is 1. The molecular formula is C35H46FN4O3-. The Balaban J connectivity index is 1.12. The summed E-state index contributed by atoms with van der Waals surface area (Å²) in [5, 5.41) is 12.3. The normalized spacial score (nSPS) is 23.5. The van der Waals surface area contributed by atoms with E-state index in [9.17, 15) is 14.3 Å². The topological polar surface area (TPSA) is 72.0 Å². The number of rotatable bonds is 7. The number of ether oxygens (including phenoxy) is 1. The van der Waals surface area contributed by atoms with Crippen molar-refractivity contribution in [3.8, 4) is 0 Å². The minimum Gasteiger partial charge on any atom is -0.851 e. The summed E-state index contributed by atoms with van der Waals surface area (Å²) in [4.78, 5) is 25.6. The number of benzene rings is 1. The first kappa shape index (κ1) is 30.2. The number of amides is 1. The van der Waals surface area contributed by atoms with E-state index in [1.165, 1.54) is 17.2 Å². The molecule has 0 spiro atoms. The van der Waals surface area contributed by atoms with Gasteiger partial charge in [-0.1, -0.05) is 24.6 Å². The SMILES string of the molecule is Cc1ccnc2c1C(N1CCC(C)(N3CCC(N(Cc4cccc(F)c4)C(=O)C4CCOCC4)CC3)CC1)=C(C[O-])[C@H]2C. The van der Waals surface area contributed by atoms with Crippen molar-refractivity contribution in [2.75, 3.05) is 46.0 Å². The van der Waals surface area contributed by atoms with Crippen LogP contribution in [0.2, 0.25) is 0 Å². The average molecular weight is 590 g/mol. The molecule has 2 aromatic rings. The Morgan fingerprint density at radius 2 is 1.84 bits per heavy atom. The van der Waals surface area contributed by atoms with Gasteiger partial charge in [-0.05, 0) is 81.7 Å². The van der Waals surface area contributed by atoms with Crippen LogP contribution in [-0.2, 0) is 16.1 Å². The van der Waals surface area contributed by atoms with Crippen LogP contribution < -0.4 is 5.11 Å². The largest absolute Gasteiger partial charge is 0.851 e. The van der Waals surface area contributed by atoms with Crippen LogP contribution in [-0.4, -0.2) is 83.2 Å². The van der Waals surface area contributed by atoms with Crippen LogP contribution in [0, 0.1) is 18.7 Å². The molecule has 6 rings (SSSR count). The number of halogens is 1. The number of carbonyl (C=O) groups excluding carboxylic acids is 1. The van der Waals surface area contributed by atoms with Crippen molar-refractivity contribution in [1.29, 1.82) is 0 Å². The first-order valence-electron chi connectivity index (χ1n) is 16.2. The zero-order valence-corrected chi connectivity index (χ0v) is 26.0. The van der Waals surface area contributed by atoms with Gasteiger partial charge in [0.15, 0.2) is 0 Å². The number of piperidine rings is 2. The highest BCUT2D eigenvalue weighted by molar-refractivity contribution is 5.79. The zero-order chi connectivity index (χ0) is 30.1. The Morgan fingerprint density at radius 3 is 2.51 bits per heavy atom. The van der Waals surface area contributed by atoms with E-state index in [0.717, 1.165) is 87.2 Å². The first-order chi connectivity index (χ1) is 20.8. The van der Waals surface area contributed by atoms with E-state index in [-0.39, 0.29) is 41.7 Å². The van der Waals surface area contributed by atoms with Crippen molar-refractivity contribution >= 4 is 11.6 Å². The molecule has 8 heteroatoms. The predicted molar refractivity (Wildman–Crippen MR) is 163 cm³/mol. The Morgan fingerprint density at radius 1 is 1.12 bits per heavy atom. The second-order valence-corrected chi connectivity index (χ2v) is 13.3. The lowest BCUT2D eigenvalue weighted by Crippen LogP contribution is -2.58. The summed E-state index contributed by atoms with van der Waals surface area (Å²) in [6.45, 7) is 11.9. The molecule has 3 saturated heterocycles. The fraction of sp³-hybridized carbons (Fsp3) is 0.600. The highest BCUT2D eigenvalue weighted by atomic mass is 19.1. The standard InChI is InChI=1S/C35H46FN4O3/c1-24-7-14-37-32-25(2)30(23-41)33(31(24)32)38-17-12-35(3,13-18-38)39-15-8-29(9-16-39)40(22-26-5-4-6-28(36)21-26)34(42)27-10-19-43-20-11-27/h4-7,14,21,25,27,29H,8-13,15-20,22-23H2,1-3H3/q-1/t25-/m1/s1. The number of aromatic nitrogens is 1. The molecular weight excluding hydrogens is 543 g/mol. The van der Waals surface area contributed by atoms with Crippen molar-refractivity contribution in [1.82, 2.24) is 19.7 Å². The molecule has 0 saturated carbocycles. The van der Waals surface area contributed by atoms with Gasteiger partial charge in [0, 0.05) is 86.8 Å². The monoisotopic (exact) mass is 589 g/mol. The van der Waals surface area contributed by atoms with Crippen LogP contribution in [0.5, 0.6) is 0 Å². The van der Waals surface area contributed by atoms with Gasteiger partial charge in [0.2, 0.25) is 5.91 Å². The van der Waals surface area contributed by atoms with Crippen molar-refractivity contribution in [3.63, 3.8) is 0 Å². The third kappa shape index (κ3) is 5.98. The fourth-order valence-corrected chi connectivity index (χ4v) is 7.94. The molecule has 1 atom stereocenters. The summed E-state index contributed by atoms with van der Waals surface area (Å²) in [5.41, 5.74) is 6.48. The third-order valence-electron chi connectivity index (χ3n) is 10.7. The molecule has 1 aromatic heterocycles. The second-order valence-electron chi connectivity index (χ2n) is 13.3. The molecule has 43 heavy (non-hydrogen) atoms. The number of fused-ring (bicyclic) bond motifs is 1. The molecule has 0 unspecified atom stereocenters. The molecule has 232 valence electrons. The molecule has 0 N–H and O–H groups in total. The zero-order valence-electron chi connectivity index (χ0n) is 26.0. The van der Waals surface area contributed by atoms with Crippen LogP contribution in [0.15, 0.2) is 42.1 Å². The first-order valence-corrected chi connectivity index (χ1v) is 16.2. The van der Waals surface area contributed by atoms with Crippen LogP contribution in [0.25, 0.3) is 5.70 Å². The quantitative estimate of drug-likeness (QED) is 0.474. The molecule has 1 aliphatic carbocycles. The number of carbonyl (C=O) groups is 1. The van der Waals surface area contributed by atoms with E-state index in [1.54, 1.807) is 12.1 Å². The minimum atomic E-state index is -0.259. The van der Waals surface area contributed by atoms with Crippen LogP contribution in [0.4, 0.5) is 4.39 Å². The summed E-state index contributed by atoms with van der Waals surface area (Å²) in [6, 6.07) is 8.88. The predicted octanol–water partition coefficient (Wildman–Crippen LogP) is 4.49. The Bertz CT molecular complexity index is 1340. The molecule has 3 fully saturated rings. The average Bonchev–Trinajstić information content (AvgIpc) is 3.33. The van der Waals surface area contributed by atoms with E-state index in [4.69, 9.17) is 4.74 Å². The summed E-state index contributed by atoms with van der Waals surface area (Å²) in [5.74, 6) is 0.000632. The van der Waals surface area contributed by atoms with Crippen molar-refractivity contribution in [3.05, 3.63) is 70.3 Å². The minimum absolute atomic E-state index is 0.0160. The maximum atomic E-state index is 14.0. The number of hydrogen-bond donors (Lipinski definition) is 0. The molecule has 1 aromatic carbocycles.